The summed E-state index contributed by atoms with van der Waals surface area (Å²) in [5.41, 5.74) is 3.42. The van der Waals surface area contributed by atoms with Gasteiger partial charge in [-0.3, -0.25) is 0 Å². The van der Waals surface area contributed by atoms with Crippen molar-refractivity contribution in [3.8, 4) is 0 Å². The van der Waals surface area contributed by atoms with E-state index in [-0.39, 0.29) is 0 Å². The first kappa shape index (κ1) is 14.2. The van der Waals surface area contributed by atoms with E-state index in [0.29, 0.717) is 10.7 Å². The number of nitrogens with zero attached hydrogens (tertiary/aromatic N) is 2. The molecule has 19 heavy (non-hydrogen) atoms. The number of halogens is 1. The fourth-order valence-corrected chi connectivity index (χ4v) is 2.62. The molecular formula is C16H19BrN2. The Bertz CT molecular complexity index is 538. The molecule has 0 N–H and O–H groups in total. The van der Waals surface area contributed by atoms with Crippen LogP contribution in [0.15, 0.2) is 36.4 Å². The first-order chi connectivity index (χ1) is 9.06. The van der Waals surface area contributed by atoms with Gasteiger partial charge in [0.05, 0.1) is 0 Å². The van der Waals surface area contributed by atoms with Crippen LogP contribution >= 0.6 is 15.9 Å². The molecule has 0 spiro atoms. The summed E-state index contributed by atoms with van der Waals surface area (Å²) in [7, 11) is 0. The Morgan fingerprint density at radius 1 is 1.11 bits per heavy atom. The van der Waals surface area contributed by atoms with Gasteiger partial charge in [0.2, 0.25) is 0 Å². The van der Waals surface area contributed by atoms with Gasteiger partial charge < -0.3 is 0 Å². The van der Waals surface area contributed by atoms with Crippen molar-refractivity contribution in [1.82, 2.24) is 9.97 Å². The number of alkyl halides is 1. The molecule has 1 atom stereocenters. The lowest BCUT2D eigenvalue weighted by Crippen LogP contribution is -2.05. The van der Waals surface area contributed by atoms with E-state index >= 15 is 0 Å². The molecule has 0 radical (unpaired) electrons. The lowest BCUT2D eigenvalue weighted by Gasteiger charge is -2.12. The standard InChI is InChI=1S/C16H19BrN2/c1-11(2)16-18-12(3)9-14(19-16)10-15(17)13-7-5-4-6-8-13/h4-9,11,15H,10H2,1-3H3. The summed E-state index contributed by atoms with van der Waals surface area (Å²) < 4.78 is 0. The zero-order chi connectivity index (χ0) is 13.8. The Morgan fingerprint density at radius 2 is 1.79 bits per heavy atom. The van der Waals surface area contributed by atoms with Gasteiger partial charge >= 0.3 is 0 Å². The average molecular weight is 319 g/mol. The molecule has 0 aliphatic heterocycles. The van der Waals surface area contributed by atoms with Crippen molar-refractivity contribution >= 4 is 15.9 Å². The Morgan fingerprint density at radius 3 is 2.42 bits per heavy atom. The topological polar surface area (TPSA) is 25.8 Å². The maximum atomic E-state index is 4.66. The first-order valence-electron chi connectivity index (χ1n) is 6.59. The Kier molecular flexibility index (Phi) is 4.70. The van der Waals surface area contributed by atoms with Gasteiger partial charge in [-0.2, -0.15) is 0 Å². The van der Waals surface area contributed by atoms with Crippen molar-refractivity contribution in [3.63, 3.8) is 0 Å². The molecule has 1 aromatic heterocycles. The van der Waals surface area contributed by atoms with Crippen molar-refractivity contribution in [2.45, 2.75) is 37.9 Å². The summed E-state index contributed by atoms with van der Waals surface area (Å²) in [6.45, 7) is 6.28. The fourth-order valence-electron chi connectivity index (χ4n) is 1.98. The molecule has 0 fully saturated rings. The van der Waals surface area contributed by atoms with Crippen LogP contribution in [0.25, 0.3) is 0 Å². The highest BCUT2D eigenvalue weighted by molar-refractivity contribution is 9.09. The molecule has 0 amide bonds. The van der Waals surface area contributed by atoms with E-state index in [1.54, 1.807) is 0 Å². The minimum Gasteiger partial charge on any atom is -0.238 e. The first-order valence-corrected chi connectivity index (χ1v) is 7.51. The van der Waals surface area contributed by atoms with Gasteiger partial charge in [-0.05, 0) is 18.6 Å². The normalized spacial score (nSPS) is 12.7. The van der Waals surface area contributed by atoms with E-state index < -0.39 is 0 Å². The van der Waals surface area contributed by atoms with Gasteiger partial charge in [0.15, 0.2) is 0 Å². The van der Waals surface area contributed by atoms with E-state index in [4.69, 9.17) is 0 Å². The number of aromatic nitrogens is 2. The zero-order valence-corrected chi connectivity index (χ0v) is 13.2. The Balaban J connectivity index is 2.19. The van der Waals surface area contributed by atoms with Gasteiger partial charge in [-0.1, -0.05) is 60.1 Å². The van der Waals surface area contributed by atoms with E-state index in [1.165, 1.54) is 5.56 Å². The second-order valence-corrected chi connectivity index (χ2v) is 6.20. The van der Waals surface area contributed by atoms with Gasteiger partial charge in [0.25, 0.3) is 0 Å². The molecule has 0 saturated carbocycles. The van der Waals surface area contributed by atoms with E-state index in [9.17, 15) is 0 Å². The number of hydrogen-bond acceptors (Lipinski definition) is 2. The summed E-state index contributed by atoms with van der Waals surface area (Å²) in [5.74, 6) is 1.30. The third kappa shape index (κ3) is 3.87. The largest absolute Gasteiger partial charge is 0.238 e. The second kappa shape index (κ2) is 6.29. The molecule has 1 heterocycles. The fraction of sp³-hybridized carbons (Fsp3) is 0.375. The predicted molar refractivity (Wildman–Crippen MR) is 82.7 cm³/mol. The summed E-state index contributed by atoms with van der Waals surface area (Å²) in [6.07, 6.45) is 0.882. The van der Waals surface area contributed by atoms with Gasteiger partial charge in [-0.25, -0.2) is 9.97 Å². The van der Waals surface area contributed by atoms with E-state index in [1.807, 2.05) is 13.0 Å². The third-order valence-electron chi connectivity index (χ3n) is 2.99. The number of benzene rings is 1. The molecule has 1 aromatic carbocycles. The lowest BCUT2D eigenvalue weighted by atomic mass is 10.1. The quantitative estimate of drug-likeness (QED) is 0.771. The van der Waals surface area contributed by atoms with Gasteiger partial charge in [0, 0.05) is 28.6 Å². The van der Waals surface area contributed by atoms with Crippen molar-refractivity contribution in [2.24, 2.45) is 0 Å². The molecule has 2 rings (SSSR count). The number of rotatable bonds is 4. The minimum absolute atomic E-state index is 0.294. The van der Waals surface area contributed by atoms with Crippen LogP contribution in [0.1, 0.15) is 47.4 Å². The SMILES string of the molecule is Cc1cc(CC(Br)c2ccccc2)nc(C(C)C)n1. The molecule has 0 bridgehead atoms. The zero-order valence-electron chi connectivity index (χ0n) is 11.6. The smallest absolute Gasteiger partial charge is 0.131 e. The maximum Gasteiger partial charge on any atom is 0.131 e. The molecule has 0 saturated heterocycles. The molecule has 2 nitrogen and oxygen atoms in total. The highest BCUT2D eigenvalue weighted by Gasteiger charge is 2.12. The molecule has 2 aromatic rings. The highest BCUT2D eigenvalue weighted by Crippen LogP contribution is 2.26. The predicted octanol–water partition coefficient (Wildman–Crippen LogP) is 4.59. The Labute approximate surface area is 123 Å². The summed E-state index contributed by atoms with van der Waals surface area (Å²) in [5, 5.41) is 0. The third-order valence-corrected chi connectivity index (χ3v) is 3.84. The summed E-state index contributed by atoms with van der Waals surface area (Å²) in [6, 6.07) is 12.5. The highest BCUT2D eigenvalue weighted by atomic mass is 79.9. The van der Waals surface area contributed by atoms with Crippen LogP contribution in [0.5, 0.6) is 0 Å². The van der Waals surface area contributed by atoms with Crippen molar-refractivity contribution < 1.29 is 0 Å². The van der Waals surface area contributed by atoms with Crippen LogP contribution in [0.2, 0.25) is 0 Å². The van der Waals surface area contributed by atoms with Crippen LogP contribution in [-0.4, -0.2) is 9.97 Å². The van der Waals surface area contributed by atoms with E-state index in [2.05, 4.69) is 70.1 Å². The van der Waals surface area contributed by atoms with Crippen LogP contribution in [0.4, 0.5) is 0 Å². The van der Waals surface area contributed by atoms with Crippen molar-refractivity contribution in [3.05, 3.63) is 59.2 Å². The molecule has 3 heteroatoms. The number of hydrogen-bond donors (Lipinski definition) is 0. The molecule has 100 valence electrons. The van der Waals surface area contributed by atoms with Crippen molar-refractivity contribution in [1.29, 1.82) is 0 Å². The van der Waals surface area contributed by atoms with Crippen LogP contribution in [0.3, 0.4) is 0 Å². The maximum absolute atomic E-state index is 4.66. The monoisotopic (exact) mass is 318 g/mol. The van der Waals surface area contributed by atoms with E-state index in [0.717, 1.165) is 23.6 Å². The van der Waals surface area contributed by atoms with Crippen LogP contribution < -0.4 is 0 Å². The van der Waals surface area contributed by atoms with Crippen LogP contribution in [-0.2, 0) is 6.42 Å². The molecular weight excluding hydrogens is 300 g/mol. The van der Waals surface area contributed by atoms with Crippen LogP contribution in [0, 0.1) is 6.92 Å². The minimum atomic E-state index is 0.294. The van der Waals surface area contributed by atoms with Gasteiger partial charge in [0.1, 0.15) is 5.82 Å². The van der Waals surface area contributed by atoms with Gasteiger partial charge in [-0.15, -0.1) is 0 Å². The molecule has 0 aliphatic carbocycles. The molecule has 1 unspecified atom stereocenters. The summed E-state index contributed by atoms with van der Waals surface area (Å²) in [4.78, 5) is 9.44. The Hall–Kier alpha value is -1.22. The lowest BCUT2D eigenvalue weighted by molar-refractivity contribution is 0.742. The summed E-state index contributed by atoms with van der Waals surface area (Å²) >= 11 is 3.75. The molecule has 0 aliphatic rings. The van der Waals surface area contributed by atoms with Crippen molar-refractivity contribution in [2.75, 3.05) is 0 Å². The number of aryl methyl sites for hydroxylation is 1. The average Bonchev–Trinajstić information content (AvgIpc) is 2.39. The second-order valence-electron chi connectivity index (χ2n) is 5.10.